The van der Waals surface area contributed by atoms with Crippen LogP contribution in [0.4, 0.5) is 0 Å². The van der Waals surface area contributed by atoms with Gasteiger partial charge in [-0.05, 0) is 33.6 Å². The molecule has 0 amide bonds. The molecule has 70 valence electrons. The second-order valence-electron chi connectivity index (χ2n) is 3.72. The molecule has 0 aromatic carbocycles. The van der Waals surface area contributed by atoms with Gasteiger partial charge in [0.05, 0.1) is 0 Å². The fraction of sp³-hybridized carbons (Fsp3) is 0.385. The molecular weight excluding hydrogens is 156 g/mol. The van der Waals surface area contributed by atoms with Gasteiger partial charge in [0.1, 0.15) is 0 Å². The number of hydrogen-bond acceptors (Lipinski definition) is 0. The molecule has 0 aromatic heterocycles. The fourth-order valence-corrected chi connectivity index (χ4v) is 1.27. The normalized spacial score (nSPS) is 18.8. The molecule has 0 bridgehead atoms. The van der Waals surface area contributed by atoms with Gasteiger partial charge in [-0.15, -0.1) is 0 Å². The Hall–Kier alpha value is -1.04. The first-order valence-corrected chi connectivity index (χ1v) is 4.85. The quantitative estimate of drug-likeness (QED) is 0.517. The maximum atomic E-state index is 2.20. The molecule has 0 heteroatoms. The zero-order valence-electron chi connectivity index (χ0n) is 8.80. The van der Waals surface area contributed by atoms with E-state index in [1.807, 2.05) is 0 Å². The van der Waals surface area contributed by atoms with Crippen LogP contribution >= 0.6 is 0 Å². The minimum atomic E-state index is 1.17. The van der Waals surface area contributed by atoms with E-state index in [2.05, 4.69) is 51.2 Å². The van der Waals surface area contributed by atoms with Crippen molar-refractivity contribution >= 4 is 0 Å². The van der Waals surface area contributed by atoms with Gasteiger partial charge in [0.2, 0.25) is 0 Å². The molecule has 0 fully saturated rings. The highest BCUT2D eigenvalue weighted by molar-refractivity contribution is 5.30. The van der Waals surface area contributed by atoms with E-state index in [1.54, 1.807) is 0 Å². The lowest BCUT2D eigenvalue weighted by molar-refractivity contribution is 1.22. The van der Waals surface area contributed by atoms with E-state index in [1.165, 1.54) is 29.6 Å². The lowest BCUT2D eigenvalue weighted by Gasteiger charge is -1.87. The average Bonchev–Trinajstić information content (AvgIpc) is 2.67. The predicted molar refractivity (Wildman–Crippen MR) is 59.6 cm³/mol. The Bertz CT molecular complexity index is 285. The van der Waals surface area contributed by atoms with Crippen LogP contribution in [0.15, 0.2) is 47.1 Å². The van der Waals surface area contributed by atoms with Crippen LogP contribution < -0.4 is 0 Å². The summed E-state index contributed by atoms with van der Waals surface area (Å²) in [5, 5.41) is 0. The summed E-state index contributed by atoms with van der Waals surface area (Å²) in [6.45, 7) is 6.47. The van der Waals surface area contributed by atoms with E-state index in [4.69, 9.17) is 0 Å². The molecule has 13 heavy (non-hydrogen) atoms. The highest BCUT2D eigenvalue weighted by Crippen LogP contribution is 2.16. The Kier molecular flexibility index (Phi) is 3.75. The second-order valence-corrected chi connectivity index (χ2v) is 3.72. The van der Waals surface area contributed by atoms with Gasteiger partial charge in [-0.2, -0.15) is 0 Å². The molecule has 0 spiro atoms. The molecule has 2 rings (SSSR count). The van der Waals surface area contributed by atoms with Gasteiger partial charge in [0.15, 0.2) is 0 Å². The molecule has 2 aliphatic carbocycles. The smallest absolute Gasteiger partial charge is 0.0133 e. The van der Waals surface area contributed by atoms with E-state index < -0.39 is 0 Å². The Morgan fingerprint density at radius 2 is 1.77 bits per heavy atom. The molecule has 0 radical (unpaired) electrons. The van der Waals surface area contributed by atoms with Gasteiger partial charge in [-0.25, -0.2) is 0 Å². The Morgan fingerprint density at radius 3 is 1.92 bits per heavy atom. The molecular formula is C13H18. The van der Waals surface area contributed by atoms with Crippen molar-refractivity contribution in [1.29, 1.82) is 0 Å². The molecule has 0 heterocycles. The third-order valence-corrected chi connectivity index (χ3v) is 2.42. The molecule has 0 aromatic rings. The van der Waals surface area contributed by atoms with Crippen LogP contribution in [-0.4, -0.2) is 0 Å². The highest BCUT2D eigenvalue weighted by Gasteiger charge is 1.95. The van der Waals surface area contributed by atoms with E-state index in [0.29, 0.717) is 0 Å². The first kappa shape index (κ1) is 10.0. The first-order chi connectivity index (χ1) is 6.20. The molecule has 0 atom stereocenters. The summed E-state index contributed by atoms with van der Waals surface area (Å²) in [7, 11) is 0. The standard InChI is InChI=1S/C7H10.C6H8/c1-6-4-3-5-7(6)2;1-6-4-2-3-5-6/h3-4H,5H2,1-2H3;2-4H,5H2,1H3. The van der Waals surface area contributed by atoms with Crippen molar-refractivity contribution in [3.8, 4) is 0 Å². The van der Waals surface area contributed by atoms with Crippen LogP contribution in [0.2, 0.25) is 0 Å². The van der Waals surface area contributed by atoms with Gasteiger partial charge >= 0.3 is 0 Å². The largest absolute Gasteiger partial charge is 0.0805 e. The number of hydrogen-bond donors (Lipinski definition) is 0. The molecule has 0 saturated carbocycles. The van der Waals surface area contributed by atoms with Crippen LogP contribution in [0.25, 0.3) is 0 Å². The first-order valence-electron chi connectivity index (χ1n) is 4.85. The molecule has 2 aliphatic rings. The van der Waals surface area contributed by atoms with Gasteiger partial charge in [-0.1, -0.05) is 47.1 Å². The SMILES string of the molecule is CC1=C(C)CC=C1.CC1=CC=CC1. The van der Waals surface area contributed by atoms with Crippen molar-refractivity contribution in [3.05, 3.63) is 47.1 Å². The third kappa shape index (κ3) is 3.45. The monoisotopic (exact) mass is 174 g/mol. The lowest BCUT2D eigenvalue weighted by atomic mass is 10.2. The zero-order chi connectivity index (χ0) is 9.68. The van der Waals surface area contributed by atoms with Crippen LogP contribution in [0.1, 0.15) is 33.6 Å². The minimum Gasteiger partial charge on any atom is -0.0805 e. The summed E-state index contributed by atoms with van der Waals surface area (Å²) in [5.41, 5.74) is 4.43. The topological polar surface area (TPSA) is 0 Å². The number of rotatable bonds is 0. The summed E-state index contributed by atoms with van der Waals surface area (Å²) >= 11 is 0. The fourth-order valence-electron chi connectivity index (χ4n) is 1.27. The molecule has 0 N–H and O–H groups in total. The lowest BCUT2D eigenvalue weighted by Crippen LogP contribution is -1.67. The summed E-state index contributed by atoms with van der Waals surface area (Å²) in [6.07, 6.45) is 13.1. The minimum absolute atomic E-state index is 1.17. The summed E-state index contributed by atoms with van der Waals surface area (Å²) in [5.74, 6) is 0. The predicted octanol–water partition coefficient (Wildman–Crippen LogP) is 4.18. The Balaban J connectivity index is 0.000000132. The van der Waals surface area contributed by atoms with Crippen molar-refractivity contribution in [2.75, 3.05) is 0 Å². The number of allylic oxidation sites excluding steroid dienone is 8. The summed E-state index contributed by atoms with van der Waals surface area (Å²) < 4.78 is 0. The van der Waals surface area contributed by atoms with Gasteiger partial charge in [-0.3, -0.25) is 0 Å². The highest BCUT2D eigenvalue weighted by atomic mass is 14.0. The van der Waals surface area contributed by atoms with Gasteiger partial charge in [0.25, 0.3) is 0 Å². The maximum Gasteiger partial charge on any atom is -0.0133 e. The Labute approximate surface area is 81.4 Å². The van der Waals surface area contributed by atoms with Crippen LogP contribution in [-0.2, 0) is 0 Å². The van der Waals surface area contributed by atoms with Crippen molar-refractivity contribution < 1.29 is 0 Å². The van der Waals surface area contributed by atoms with Crippen molar-refractivity contribution in [1.82, 2.24) is 0 Å². The van der Waals surface area contributed by atoms with Gasteiger partial charge < -0.3 is 0 Å². The second kappa shape index (κ2) is 4.86. The Morgan fingerprint density at radius 1 is 1.00 bits per heavy atom. The third-order valence-electron chi connectivity index (χ3n) is 2.42. The van der Waals surface area contributed by atoms with Crippen LogP contribution in [0.5, 0.6) is 0 Å². The van der Waals surface area contributed by atoms with Crippen molar-refractivity contribution in [3.63, 3.8) is 0 Å². The maximum absolute atomic E-state index is 2.20. The van der Waals surface area contributed by atoms with Gasteiger partial charge in [0, 0.05) is 0 Å². The zero-order valence-corrected chi connectivity index (χ0v) is 8.80. The summed E-state index contributed by atoms with van der Waals surface area (Å²) in [6, 6.07) is 0. The van der Waals surface area contributed by atoms with E-state index in [-0.39, 0.29) is 0 Å². The molecule has 0 nitrogen and oxygen atoms in total. The summed E-state index contributed by atoms with van der Waals surface area (Å²) in [4.78, 5) is 0. The van der Waals surface area contributed by atoms with Crippen molar-refractivity contribution in [2.45, 2.75) is 33.6 Å². The van der Waals surface area contributed by atoms with Crippen LogP contribution in [0, 0.1) is 0 Å². The molecule has 0 saturated heterocycles. The molecule has 0 unspecified atom stereocenters. The average molecular weight is 174 g/mol. The molecule has 0 aliphatic heterocycles. The van der Waals surface area contributed by atoms with Crippen molar-refractivity contribution in [2.24, 2.45) is 0 Å². The van der Waals surface area contributed by atoms with E-state index >= 15 is 0 Å². The van der Waals surface area contributed by atoms with E-state index in [0.717, 1.165) is 0 Å². The van der Waals surface area contributed by atoms with Crippen LogP contribution in [0.3, 0.4) is 0 Å². The van der Waals surface area contributed by atoms with E-state index in [9.17, 15) is 0 Å².